The molecule has 0 radical (unpaired) electrons. The second-order valence-corrected chi connectivity index (χ2v) is 8.64. The van der Waals surface area contributed by atoms with Crippen molar-refractivity contribution >= 4 is 42.6 Å². The minimum Gasteiger partial charge on any atom is -0.457 e. The van der Waals surface area contributed by atoms with Crippen LogP contribution in [0.15, 0.2) is 18.2 Å². The molecule has 0 aliphatic rings. The summed E-state index contributed by atoms with van der Waals surface area (Å²) in [7, 11) is -3.53. The number of Topliss-reactive ketones (excluding diaryl/α,β-unsaturated/α-hetero) is 1. The maximum Gasteiger partial charge on any atom is 0.338 e. The molecule has 0 aliphatic carbocycles. The van der Waals surface area contributed by atoms with E-state index in [0.29, 0.717) is 17.0 Å². The first kappa shape index (κ1) is 24.1. The Kier molecular flexibility index (Phi) is 10.6. The Balaban J connectivity index is 3.00. The maximum atomic E-state index is 12.6. The normalized spacial score (nSPS) is 12.6. The van der Waals surface area contributed by atoms with Crippen LogP contribution in [0.1, 0.15) is 51.7 Å². The number of carbonyl (C=O) groups is 2. The van der Waals surface area contributed by atoms with Crippen molar-refractivity contribution in [2.24, 2.45) is 0 Å². The van der Waals surface area contributed by atoms with E-state index in [1.165, 1.54) is 6.07 Å². The first-order chi connectivity index (χ1) is 12.7. The first-order valence-electron chi connectivity index (χ1n) is 8.78. The largest absolute Gasteiger partial charge is 0.457 e. The Morgan fingerprint density at radius 3 is 2.26 bits per heavy atom. The van der Waals surface area contributed by atoms with Gasteiger partial charge in [-0.15, -0.1) is 0 Å². The van der Waals surface area contributed by atoms with Crippen LogP contribution in [-0.2, 0) is 27.9 Å². The van der Waals surface area contributed by atoms with E-state index in [2.05, 4.69) is 0 Å². The van der Waals surface area contributed by atoms with Gasteiger partial charge < -0.3 is 13.8 Å². The van der Waals surface area contributed by atoms with Gasteiger partial charge in [0, 0.05) is 28.5 Å². The van der Waals surface area contributed by atoms with E-state index in [1.807, 2.05) is 6.92 Å². The van der Waals surface area contributed by atoms with E-state index in [4.69, 9.17) is 37.0 Å². The van der Waals surface area contributed by atoms with Gasteiger partial charge in [0.25, 0.3) is 0 Å². The predicted octanol–water partition coefficient (Wildman–Crippen LogP) is 5.60. The highest BCUT2D eigenvalue weighted by Crippen LogP contribution is 2.48. The summed E-state index contributed by atoms with van der Waals surface area (Å²) >= 11 is 12.1. The van der Waals surface area contributed by atoms with Gasteiger partial charge in [0.05, 0.1) is 13.2 Å². The summed E-state index contributed by atoms with van der Waals surface area (Å²) in [5.41, 5.74) is 0.460. The highest BCUT2D eigenvalue weighted by atomic mass is 35.5. The van der Waals surface area contributed by atoms with Crippen molar-refractivity contribution in [3.63, 3.8) is 0 Å². The number of rotatable bonds is 12. The fraction of sp³-hybridized carbons (Fsp3) is 0.556. The number of carbonyl (C=O) groups excluding carboxylic acids is 2. The molecule has 0 bridgehead atoms. The third-order valence-electron chi connectivity index (χ3n) is 3.47. The van der Waals surface area contributed by atoms with Crippen LogP contribution in [0.3, 0.4) is 0 Å². The van der Waals surface area contributed by atoms with Crippen molar-refractivity contribution in [1.82, 2.24) is 0 Å². The Morgan fingerprint density at radius 1 is 1.11 bits per heavy atom. The van der Waals surface area contributed by atoms with Gasteiger partial charge in [-0.05, 0) is 32.4 Å². The van der Waals surface area contributed by atoms with Gasteiger partial charge >= 0.3 is 13.6 Å². The zero-order valence-corrected chi connectivity index (χ0v) is 18.1. The van der Waals surface area contributed by atoms with Crippen LogP contribution in [0.25, 0.3) is 0 Å². The van der Waals surface area contributed by atoms with Crippen LogP contribution in [-0.4, -0.2) is 31.1 Å². The average molecular weight is 439 g/mol. The zero-order chi connectivity index (χ0) is 20.4. The Labute approximate surface area is 170 Å². The van der Waals surface area contributed by atoms with Crippen molar-refractivity contribution in [1.29, 1.82) is 0 Å². The second-order valence-electron chi connectivity index (χ2n) is 5.74. The lowest BCUT2D eigenvalue weighted by atomic mass is 10.0. The van der Waals surface area contributed by atoms with E-state index >= 15 is 0 Å². The minimum atomic E-state index is -3.53. The number of hydrogen-bond acceptors (Lipinski definition) is 6. The molecule has 27 heavy (non-hydrogen) atoms. The number of esters is 1. The predicted molar refractivity (Wildman–Crippen MR) is 106 cm³/mol. The SMILES string of the molecule is CCCC(=O)O[C@@H](CC(=O)CP(=O)(OCC)OCC)c1ccc(Cl)cc1Cl. The molecule has 6 nitrogen and oxygen atoms in total. The molecule has 0 aliphatic heterocycles. The zero-order valence-electron chi connectivity index (χ0n) is 15.7. The molecule has 0 fully saturated rings. The molecule has 0 N–H and O–H groups in total. The molecule has 0 saturated carbocycles. The summed E-state index contributed by atoms with van der Waals surface area (Å²) < 4.78 is 28.3. The molecule has 0 unspecified atom stereocenters. The molecule has 0 amide bonds. The van der Waals surface area contributed by atoms with E-state index < -0.39 is 31.6 Å². The number of ketones is 1. The third kappa shape index (κ3) is 8.32. The number of halogens is 2. The van der Waals surface area contributed by atoms with Gasteiger partial charge in [-0.3, -0.25) is 14.2 Å². The summed E-state index contributed by atoms with van der Waals surface area (Å²) in [6, 6.07) is 4.71. The quantitative estimate of drug-likeness (QED) is 0.312. The van der Waals surface area contributed by atoms with Crippen molar-refractivity contribution in [2.45, 2.75) is 46.1 Å². The second kappa shape index (κ2) is 11.8. The fourth-order valence-electron chi connectivity index (χ4n) is 2.41. The molecule has 1 rings (SSSR count). The van der Waals surface area contributed by atoms with Gasteiger partial charge in [0.15, 0.2) is 0 Å². The third-order valence-corrected chi connectivity index (χ3v) is 6.08. The summed E-state index contributed by atoms with van der Waals surface area (Å²) in [6.45, 7) is 5.49. The van der Waals surface area contributed by atoms with Crippen molar-refractivity contribution in [3.05, 3.63) is 33.8 Å². The standard InChI is InChI=1S/C18H25Cl2O6P/c1-4-7-18(22)26-17(15-9-8-13(19)10-16(15)20)11-14(21)12-27(23,24-5-2)25-6-3/h8-10,17H,4-7,11-12H2,1-3H3/t17-/m0/s1. The van der Waals surface area contributed by atoms with Crippen LogP contribution in [0.4, 0.5) is 0 Å². The molecule has 0 heterocycles. The molecule has 1 aromatic carbocycles. The molecular formula is C18H25Cl2O6P. The summed E-state index contributed by atoms with van der Waals surface area (Å²) in [5.74, 6) is -0.861. The smallest absolute Gasteiger partial charge is 0.338 e. The first-order valence-corrected chi connectivity index (χ1v) is 11.3. The lowest BCUT2D eigenvalue weighted by Gasteiger charge is -2.21. The monoisotopic (exact) mass is 438 g/mol. The van der Waals surface area contributed by atoms with Crippen LogP contribution in [0.5, 0.6) is 0 Å². The molecule has 0 spiro atoms. The lowest BCUT2D eigenvalue weighted by Crippen LogP contribution is -2.18. The molecule has 1 atom stereocenters. The summed E-state index contributed by atoms with van der Waals surface area (Å²) in [5, 5.41) is 0.702. The van der Waals surface area contributed by atoms with Crippen molar-refractivity contribution in [2.75, 3.05) is 19.4 Å². The molecule has 9 heteroatoms. The van der Waals surface area contributed by atoms with Gasteiger partial charge in [-0.2, -0.15) is 0 Å². The van der Waals surface area contributed by atoms with Gasteiger partial charge in [-0.25, -0.2) is 0 Å². The lowest BCUT2D eigenvalue weighted by molar-refractivity contribution is -0.150. The number of benzene rings is 1. The van der Waals surface area contributed by atoms with Crippen molar-refractivity contribution < 1.29 is 27.9 Å². The number of hydrogen-bond donors (Lipinski definition) is 0. The van der Waals surface area contributed by atoms with E-state index in [0.717, 1.165) is 0 Å². The highest BCUT2D eigenvalue weighted by Gasteiger charge is 2.30. The van der Waals surface area contributed by atoms with Gasteiger partial charge in [0.1, 0.15) is 18.0 Å². The van der Waals surface area contributed by atoms with E-state index in [1.54, 1.807) is 26.0 Å². The van der Waals surface area contributed by atoms with E-state index in [9.17, 15) is 14.2 Å². The molecule has 0 aromatic heterocycles. The maximum absolute atomic E-state index is 12.6. The average Bonchev–Trinajstić information content (AvgIpc) is 2.54. The minimum absolute atomic E-state index is 0.155. The van der Waals surface area contributed by atoms with Crippen LogP contribution >= 0.6 is 30.8 Å². The highest BCUT2D eigenvalue weighted by molar-refractivity contribution is 7.54. The molecule has 152 valence electrons. The molecule has 1 aromatic rings. The van der Waals surface area contributed by atoms with Crippen LogP contribution < -0.4 is 0 Å². The Morgan fingerprint density at radius 2 is 1.74 bits per heavy atom. The van der Waals surface area contributed by atoms with Gasteiger partial charge in [0.2, 0.25) is 0 Å². The van der Waals surface area contributed by atoms with Crippen LogP contribution in [0, 0.1) is 0 Å². The molecular weight excluding hydrogens is 414 g/mol. The Bertz CT molecular complexity index is 684. The van der Waals surface area contributed by atoms with Crippen LogP contribution in [0.2, 0.25) is 10.0 Å². The fourth-order valence-corrected chi connectivity index (χ4v) is 4.54. The summed E-state index contributed by atoms with van der Waals surface area (Å²) in [6.07, 6.45) is -0.676. The van der Waals surface area contributed by atoms with Crippen molar-refractivity contribution in [3.8, 4) is 0 Å². The molecule has 0 saturated heterocycles. The topological polar surface area (TPSA) is 78.9 Å². The van der Waals surface area contributed by atoms with E-state index in [-0.39, 0.29) is 31.1 Å². The summed E-state index contributed by atoms with van der Waals surface area (Å²) in [4.78, 5) is 24.5. The Hall–Kier alpha value is -0.910. The van der Waals surface area contributed by atoms with Gasteiger partial charge in [-0.1, -0.05) is 36.2 Å². The number of ether oxygens (including phenoxy) is 1.